The number of furan rings is 1. The zero-order valence-corrected chi connectivity index (χ0v) is 15.5. The summed E-state index contributed by atoms with van der Waals surface area (Å²) in [5, 5.41) is 7.32. The lowest BCUT2D eigenvalue weighted by Gasteiger charge is -2.19. The van der Waals surface area contributed by atoms with Gasteiger partial charge >= 0.3 is 0 Å². The molecule has 0 bridgehead atoms. The van der Waals surface area contributed by atoms with E-state index >= 15 is 0 Å². The first-order valence-electron chi connectivity index (χ1n) is 9.06. The lowest BCUT2D eigenvalue weighted by Crippen LogP contribution is -2.37. The van der Waals surface area contributed by atoms with Crippen LogP contribution in [0.4, 0.5) is 0 Å². The highest BCUT2D eigenvalue weighted by molar-refractivity contribution is 5.83. The Morgan fingerprint density at radius 2 is 1.93 bits per heavy atom. The number of rotatable bonds is 7. The molecule has 0 aliphatic heterocycles. The van der Waals surface area contributed by atoms with Gasteiger partial charge in [0.05, 0.1) is 18.2 Å². The van der Waals surface area contributed by atoms with Crippen LogP contribution in [-0.4, -0.2) is 22.2 Å². The highest BCUT2D eigenvalue weighted by Gasteiger charge is 2.19. The van der Waals surface area contributed by atoms with Crippen LogP contribution in [0.1, 0.15) is 37.8 Å². The van der Waals surface area contributed by atoms with E-state index < -0.39 is 0 Å². The first-order chi connectivity index (χ1) is 13.1. The van der Waals surface area contributed by atoms with Gasteiger partial charge in [0.25, 0.3) is 5.56 Å². The van der Waals surface area contributed by atoms with Crippen molar-refractivity contribution >= 4 is 5.91 Å². The van der Waals surface area contributed by atoms with Crippen molar-refractivity contribution in [3.8, 4) is 11.5 Å². The molecule has 0 radical (unpaired) electrons. The number of hydrogen-bond donors (Lipinski definition) is 1. The summed E-state index contributed by atoms with van der Waals surface area (Å²) in [7, 11) is 0. The maximum atomic E-state index is 12.6. The Kier molecular flexibility index (Phi) is 5.86. The van der Waals surface area contributed by atoms with E-state index in [1.165, 1.54) is 10.7 Å². The summed E-state index contributed by atoms with van der Waals surface area (Å²) in [4.78, 5) is 24.8. The van der Waals surface area contributed by atoms with E-state index in [9.17, 15) is 9.59 Å². The number of hydrogen-bond acceptors (Lipinski definition) is 4. The molecule has 0 fully saturated rings. The van der Waals surface area contributed by atoms with Crippen molar-refractivity contribution in [2.24, 2.45) is 0 Å². The predicted molar refractivity (Wildman–Crippen MR) is 103 cm³/mol. The maximum absolute atomic E-state index is 12.6. The molecule has 1 amide bonds. The van der Waals surface area contributed by atoms with Gasteiger partial charge in [0.2, 0.25) is 5.91 Å². The van der Waals surface area contributed by atoms with Crippen molar-refractivity contribution in [3.05, 3.63) is 76.8 Å². The van der Waals surface area contributed by atoms with Gasteiger partial charge in [-0.25, -0.2) is 4.68 Å². The van der Waals surface area contributed by atoms with E-state index in [4.69, 9.17) is 4.42 Å². The molecule has 140 valence electrons. The summed E-state index contributed by atoms with van der Waals surface area (Å²) < 4.78 is 6.72. The lowest BCUT2D eigenvalue weighted by atomic mass is 9.95. The Hall–Kier alpha value is -3.15. The zero-order chi connectivity index (χ0) is 19.2. The van der Waals surface area contributed by atoms with Gasteiger partial charge in [0.15, 0.2) is 5.76 Å². The fourth-order valence-corrected chi connectivity index (χ4v) is 3.01. The number of aromatic nitrogens is 2. The topological polar surface area (TPSA) is 77.1 Å². The highest BCUT2D eigenvalue weighted by Crippen LogP contribution is 2.19. The minimum absolute atomic E-state index is 0.0502. The third-order valence-electron chi connectivity index (χ3n) is 4.51. The zero-order valence-electron chi connectivity index (χ0n) is 15.5. The number of carbonyl (C=O) groups is 1. The third-order valence-corrected chi connectivity index (χ3v) is 4.51. The average molecular weight is 365 g/mol. The second kappa shape index (κ2) is 8.49. The number of nitrogens with zero attached hydrogens (tertiary/aromatic N) is 2. The van der Waals surface area contributed by atoms with E-state index in [0.29, 0.717) is 24.4 Å². The normalized spacial score (nSPS) is 13.1. The Morgan fingerprint density at radius 3 is 2.59 bits per heavy atom. The molecule has 1 aromatic carbocycles. The molecule has 2 heterocycles. The van der Waals surface area contributed by atoms with Crippen LogP contribution in [0.25, 0.3) is 11.5 Å². The molecule has 6 heteroatoms. The van der Waals surface area contributed by atoms with Crippen molar-refractivity contribution in [1.29, 1.82) is 0 Å². The van der Waals surface area contributed by atoms with Crippen molar-refractivity contribution in [3.63, 3.8) is 0 Å². The molecule has 27 heavy (non-hydrogen) atoms. The number of nitrogens with one attached hydrogen (secondary N) is 1. The molecule has 3 aromatic rings. The van der Waals surface area contributed by atoms with Crippen LogP contribution in [0.3, 0.4) is 0 Å². The van der Waals surface area contributed by atoms with E-state index in [1.54, 1.807) is 24.5 Å². The van der Waals surface area contributed by atoms with Gasteiger partial charge in [-0.15, -0.1) is 0 Å². The SMILES string of the molecule is CCC(C(=O)NCC(C)n1nc(-c2ccco2)ccc1=O)c1ccccc1. The number of benzene rings is 1. The van der Waals surface area contributed by atoms with Crippen molar-refractivity contribution in [1.82, 2.24) is 15.1 Å². The molecule has 2 aromatic heterocycles. The van der Waals surface area contributed by atoms with E-state index in [-0.39, 0.29) is 23.4 Å². The second-order valence-corrected chi connectivity index (χ2v) is 6.44. The lowest BCUT2D eigenvalue weighted by molar-refractivity contribution is -0.122. The van der Waals surface area contributed by atoms with Crippen molar-refractivity contribution in [2.45, 2.75) is 32.2 Å². The standard InChI is InChI=1S/C21H23N3O3/c1-3-17(16-8-5-4-6-9-16)21(26)22-14-15(2)24-20(25)12-11-18(23-24)19-10-7-13-27-19/h4-13,15,17H,3,14H2,1-2H3,(H,22,26). The maximum Gasteiger partial charge on any atom is 0.267 e. The molecule has 0 spiro atoms. The van der Waals surface area contributed by atoms with E-state index in [2.05, 4.69) is 10.4 Å². The van der Waals surface area contributed by atoms with E-state index in [1.807, 2.05) is 44.2 Å². The van der Waals surface area contributed by atoms with Gasteiger partial charge in [-0.3, -0.25) is 9.59 Å². The molecule has 0 aliphatic rings. The van der Waals surface area contributed by atoms with Gasteiger partial charge < -0.3 is 9.73 Å². The summed E-state index contributed by atoms with van der Waals surface area (Å²) in [6.07, 6.45) is 2.26. The van der Waals surface area contributed by atoms with Gasteiger partial charge in [-0.1, -0.05) is 37.3 Å². The average Bonchev–Trinajstić information content (AvgIpc) is 3.23. The van der Waals surface area contributed by atoms with Crippen molar-refractivity contribution in [2.75, 3.05) is 6.54 Å². The molecule has 2 unspecified atom stereocenters. The summed E-state index contributed by atoms with van der Waals surface area (Å²) in [6, 6.07) is 16.1. The molecular formula is C21H23N3O3. The number of amides is 1. The number of carbonyl (C=O) groups excluding carboxylic acids is 1. The molecule has 1 N–H and O–H groups in total. The van der Waals surface area contributed by atoms with Crippen LogP contribution in [0.5, 0.6) is 0 Å². The predicted octanol–water partition coefficient (Wildman–Crippen LogP) is 3.37. The molecule has 0 aliphatic carbocycles. The summed E-state index contributed by atoms with van der Waals surface area (Å²) in [5.74, 6) is 0.332. The Labute approximate surface area is 157 Å². The van der Waals surface area contributed by atoms with Gasteiger partial charge in [-0.2, -0.15) is 5.10 Å². The van der Waals surface area contributed by atoms with Crippen molar-refractivity contribution < 1.29 is 9.21 Å². The molecule has 3 rings (SSSR count). The molecule has 0 saturated carbocycles. The largest absolute Gasteiger partial charge is 0.463 e. The summed E-state index contributed by atoms with van der Waals surface area (Å²) in [5.41, 5.74) is 1.34. The Bertz CT molecular complexity index is 933. The van der Waals surface area contributed by atoms with Crippen LogP contribution < -0.4 is 10.9 Å². The molecule has 0 saturated heterocycles. The molecule has 6 nitrogen and oxygen atoms in total. The van der Waals surface area contributed by atoms with E-state index in [0.717, 1.165) is 5.56 Å². The summed E-state index contributed by atoms with van der Waals surface area (Å²) >= 11 is 0. The molecule has 2 atom stereocenters. The fourth-order valence-electron chi connectivity index (χ4n) is 3.01. The monoisotopic (exact) mass is 365 g/mol. The summed E-state index contributed by atoms with van der Waals surface area (Å²) in [6.45, 7) is 4.15. The van der Waals surface area contributed by atoms with Crippen LogP contribution in [-0.2, 0) is 4.79 Å². The van der Waals surface area contributed by atoms with Crippen LogP contribution in [0.2, 0.25) is 0 Å². The highest BCUT2D eigenvalue weighted by atomic mass is 16.3. The van der Waals surface area contributed by atoms with Crippen LogP contribution >= 0.6 is 0 Å². The van der Waals surface area contributed by atoms with Crippen LogP contribution in [0.15, 0.2) is 70.1 Å². The second-order valence-electron chi connectivity index (χ2n) is 6.44. The minimum atomic E-state index is -0.287. The van der Waals surface area contributed by atoms with Gasteiger partial charge in [0.1, 0.15) is 5.69 Å². The Balaban J connectivity index is 1.70. The smallest absolute Gasteiger partial charge is 0.267 e. The van der Waals surface area contributed by atoms with Gasteiger partial charge in [-0.05, 0) is 37.1 Å². The minimum Gasteiger partial charge on any atom is -0.463 e. The first-order valence-corrected chi connectivity index (χ1v) is 9.06. The third kappa shape index (κ3) is 4.34. The Morgan fingerprint density at radius 1 is 1.15 bits per heavy atom. The fraction of sp³-hybridized carbons (Fsp3) is 0.286. The first kappa shape index (κ1) is 18.6. The van der Waals surface area contributed by atoms with Gasteiger partial charge in [0, 0.05) is 12.6 Å². The molecular weight excluding hydrogens is 342 g/mol. The van der Waals surface area contributed by atoms with Crippen LogP contribution in [0, 0.1) is 0 Å². The quantitative estimate of drug-likeness (QED) is 0.696.